The minimum atomic E-state index is -0.272. The summed E-state index contributed by atoms with van der Waals surface area (Å²) < 4.78 is 1.62. The molecule has 0 spiro atoms. The van der Waals surface area contributed by atoms with E-state index in [1.807, 2.05) is 26.8 Å². The van der Waals surface area contributed by atoms with E-state index < -0.39 is 0 Å². The van der Waals surface area contributed by atoms with Crippen LogP contribution in [0.1, 0.15) is 26.5 Å². The molecule has 0 N–H and O–H groups in total. The van der Waals surface area contributed by atoms with E-state index in [1.165, 1.54) is 0 Å². The van der Waals surface area contributed by atoms with Gasteiger partial charge in [-0.3, -0.25) is 4.79 Å². The van der Waals surface area contributed by atoms with E-state index >= 15 is 0 Å². The summed E-state index contributed by atoms with van der Waals surface area (Å²) in [7, 11) is 1.76. The highest BCUT2D eigenvalue weighted by molar-refractivity contribution is 6.31. The fourth-order valence-electron chi connectivity index (χ4n) is 1.79. The molecule has 4 heteroatoms. The largest absolute Gasteiger partial charge is 0.308 e. The summed E-state index contributed by atoms with van der Waals surface area (Å²) in [6.07, 6.45) is 0. The molecule has 1 aromatic heterocycles. The first-order valence-corrected chi connectivity index (χ1v) is 5.85. The van der Waals surface area contributed by atoms with Crippen LogP contribution < -0.4 is 5.56 Å². The summed E-state index contributed by atoms with van der Waals surface area (Å²) in [5, 5.41) is 0.628. The van der Waals surface area contributed by atoms with Gasteiger partial charge in [-0.05, 0) is 18.2 Å². The van der Waals surface area contributed by atoms with Gasteiger partial charge in [0, 0.05) is 17.5 Å². The van der Waals surface area contributed by atoms with Gasteiger partial charge in [0.25, 0.3) is 5.56 Å². The van der Waals surface area contributed by atoms with Crippen molar-refractivity contribution in [3.05, 3.63) is 39.3 Å². The molecule has 0 unspecified atom stereocenters. The van der Waals surface area contributed by atoms with Crippen LogP contribution in [0.2, 0.25) is 5.02 Å². The van der Waals surface area contributed by atoms with Crippen LogP contribution in [-0.4, -0.2) is 9.55 Å². The van der Waals surface area contributed by atoms with Crippen molar-refractivity contribution >= 4 is 22.6 Å². The first-order chi connectivity index (χ1) is 7.80. The van der Waals surface area contributed by atoms with Crippen molar-refractivity contribution in [3.63, 3.8) is 0 Å². The molecule has 2 aromatic rings. The third kappa shape index (κ3) is 2.07. The predicted octanol–water partition coefficient (Wildman–Crippen LogP) is 2.88. The van der Waals surface area contributed by atoms with Crippen molar-refractivity contribution in [3.8, 4) is 0 Å². The summed E-state index contributed by atoms with van der Waals surface area (Å²) >= 11 is 5.95. The number of nitrogens with zero attached hydrogens (tertiary/aromatic N) is 2. The van der Waals surface area contributed by atoms with E-state index in [9.17, 15) is 4.79 Å². The number of hydrogen-bond acceptors (Lipinski definition) is 2. The van der Waals surface area contributed by atoms with Gasteiger partial charge in [0.15, 0.2) is 0 Å². The van der Waals surface area contributed by atoms with Crippen LogP contribution in [0.25, 0.3) is 11.0 Å². The molecule has 0 amide bonds. The maximum Gasteiger partial charge on any atom is 0.273 e. The predicted molar refractivity (Wildman–Crippen MR) is 70.7 cm³/mol. The highest BCUT2D eigenvalue weighted by Crippen LogP contribution is 2.21. The molecule has 0 aliphatic heterocycles. The molecule has 0 fully saturated rings. The smallest absolute Gasteiger partial charge is 0.273 e. The van der Waals surface area contributed by atoms with Gasteiger partial charge in [0.1, 0.15) is 5.69 Å². The molecular formula is C13H15ClN2O. The molecule has 1 aromatic carbocycles. The summed E-state index contributed by atoms with van der Waals surface area (Å²) in [4.78, 5) is 16.6. The van der Waals surface area contributed by atoms with Crippen LogP contribution in [0.3, 0.4) is 0 Å². The molecule has 90 valence electrons. The minimum absolute atomic E-state index is 0.0488. The maximum atomic E-state index is 12.2. The van der Waals surface area contributed by atoms with Crippen LogP contribution in [0.15, 0.2) is 23.0 Å². The van der Waals surface area contributed by atoms with Crippen LogP contribution in [0, 0.1) is 0 Å². The maximum absolute atomic E-state index is 12.2. The first-order valence-electron chi connectivity index (χ1n) is 5.47. The van der Waals surface area contributed by atoms with E-state index in [-0.39, 0.29) is 11.0 Å². The molecule has 17 heavy (non-hydrogen) atoms. The van der Waals surface area contributed by atoms with Crippen LogP contribution in [-0.2, 0) is 12.5 Å². The molecule has 0 saturated heterocycles. The lowest BCUT2D eigenvalue weighted by molar-refractivity contribution is 0.555. The Morgan fingerprint density at radius 1 is 1.29 bits per heavy atom. The van der Waals surface area contributed by atoms with Crippen molar-refractivity contribution < 1.29 is 0 Å². The fourth-order valence-corrected chi connectivity index (χ4v) is 1.96. The third-order valence-electron chi connectivity index (χ3n) is 2.75. The van der Waals surface area contributed by atoms with Crippen molar-refractivity contribution in [2.45, 2.75) is 26.2 Å². The highest BCUT2D eigenvalue weighted by Gasteiger charge is 2.21. The molecule has 0 saturated carbocycles. The van der Waals surface area contributed by atoms with E-state index in [0.717, 1.165) is 11.0 Å². The molecular weight excluding hydrogens is 236 g/mol. The van der Waals surface area contributed by atoms with Gasteiger partial charge in [0.05, 0.1) is 11.0 Å². The lowest BCUT2D eigenvalue weighted by atomic mass is 9.92. The zero-order valence-electron chi connectivity index (χ0n) is 10.4. The quantitative estimate of drug-likeness (QED) is 0.721. The van der Waals surface area contributed by atoms with Crippen molar-refractivity contribution in [1.29, 1.82) is 0 Å². The first kappa shape index (κ1) is 12.1. The molecule has 1 heterocycles. The monoisotopic (exact) mass is 250 g/mol. The van der Waals surface area contributed by atoms with Gasteiger partial charge >= 0.3 is 0 Å². The second-order valence-electron chi connectivity index (χ2n) is 5.21. The fraction of sp³-hybridized carbons (Fsp3) is 0.385. The molecule has 0 bridgehead atoms. The van der Waals surface area contributed by atoms with Gasteiger partial charge < -0.3 is 4.57 Å². The Bertz CT molecular complexity index is 638. The SMILES string of the molecule is Cn1c(=O)c(C(C)(C)C)nc2cc(Cl)ccc21. The lowest BCUT2D eigenvalue weighted by Crippen LogP contribution is -2.31. The number of halogens is 1. The van der Waals surface area contributed by atoms with Gasteiger partial charge in [0.2, 0.25) is 0 Å². The number of fused-ring (bicyclic) bond motifs is 1. The molecule has 3 nitrogen and oxygen atoms in total. The molecule has 0 atom stereocenters. The van der Waals surface area contributed by atoms with Gasteiger partial charge in [-0.1, -0.05) is 32.4 Å². The Kier molecular flexibility index (Phi) is 2.74. The Labute approximate surface area is 105 Å². The second-order valence-corrected chi connectivity index (χ2v) is 5.64. The molecule has 2 rings (SSSR count). The van der Waals surface area contributed by atoms with E-state index in [2.05, 4.69) is 4.98 Å². The number of hydrogen-bond donors (Lipinski definition) is 0. The Balaban J connectivity index is 2.91. The zero-order valence-corrected chi connectivity index (χ0v) is 11.2. The van der Waals surface area contributed by atoms with Gasteiger partial charge in [-0.25, -0.2) is 4.98 Å². The van der Waals surface area contributed by atoms with Gasteiger partial charge in [-0.2, -0.15) is 0 Å². The summed E-state index contributed by atoms with van der Waals surface area (Å²) in [6, 6.07) is 5.37. The van der Waals surface area contributed by atoms with E-state index in [0.29, 0.717) is 10.7 Å². The van der Waals surface area contributed by atoms with Crippen LogP contribution >= 0.6 is 11.6 Å². The standard InChI is InChI=1S/C13H15ClN2O/c1-13(2,3)11-12(17)16(4)10-6-5-8(14)7-9(10)15-11/h5-7H,1-4H3. The molecule has 0 radical (unpaired) electrons. The molecule has 0 aliphatic carbocycles. The van der Waals surface area contributed by atoms with Crippen LogP contribution in [0.5, 0.6) is 0 Å². The number of benzene rings is 1. The van der Waals surface area contributed by atoms with Crippen molar-refractivity contribution in [2.24, 2.45) is 7.05 Å². The van der Waals surface area contributed by atoms with Gasteiger partial charge in [-0.15, -0.1) is 0 Å². The van der Waals surface area contributed by atoms with E-state index in [1.54, 1.807) is 23.7 Å². The average Bonchev–Trinajstić information content (AvgIpc) is 2.21. The van der Waals surface area contributed by atoms with Crippen molar-refractivity contribution in [2.75, 3.05) is 0 Å². The second kappa shape index (κ2) is 3.84. The Hall–Kier alpha value is -1.35. The van der Waals surface area contributed by atoms with Crippen LogP contribution in [0.4, 0.5) is 0 Å². The Morgan fingerprint density at radius 3 is 2.53 bits per heavy atom. The zero-order chi connectivity index (χ0) is 12.8. The topological polar surface area (TPSA) is 34.9 Å². The lowest BCUT2D eigenvalue weighted by Gasteiger charge is -2.18. The highest BCUT2D eigenvalue weighted by atomic mass is 35.5. The molecule has 0 aliphatic rings. The normalized spacial score (nSPS) is 12.1. The summed E-state index contributed by atoms with van der Waals surface area (Å²) in [5.74, 6) is 0. The number of aryl methyl sites for hydroxylation is 1. The summed E-state index contributed by atoms with van der Waals surface area (Å²) in [5.41, 5.74) is 1.80. The number of aromatic nitrogens is 2. The average molecular weight is 251 g/mol. The Morgan fingerprint density at radius 2 is 1.94 bits per heavy atom. The third-order valence-corrected chi connectivity index (χ3v) is 2.98. The van der Waals surface area contributed by atoms with Crippen molar-refractivity contribution in [1.82, 2.24) is 9.55 Å². The number of rotatable bonds is 0. The minimum Gasteiger partial charge on any atom is -0.308 e. The van der Waals surface area contributed by atoms with E-state index in [4.69, 9.17) is 11.6 Å². The summed E-state index contributed by atoms with van der Waals surface area (Å²) in [6.45, 7) is 5.94.